The predicted octanol–water partition coefficient (Wildman–Crippen LogP) is 3.51. The topological polar surface area (TPSA) is 55.4 Å². The highest BCUT2D eigenvalue weighted by molar-refractivity contribution is 5.92. The van der Waals surface area contributed by atoms with Crippen molar-refractivity contribution in [2.75, 3.05) is 0 Å². The van der Waals surface area contributed by atoms with Gasteiger partial charge in [-0.05, 0) is 44.4 Å². The van der Waals surface area contributed by atoms with E-state index in [0.717, 1.165) is 12.8 Å². The zero-order valence-corrected chi connectivity index (χ0v) is 14.4. The van der Waals surface area contributed by atoms with E-state index < -0.39 is 23.8 Å². The van der Waals surface area contributed by atoms with Crippen LogP contribution in [0, 0.1) is 5.82 Å². The molecule has 1 N–H and O–H groups in total. The number of esters is 1. The van der Waals surface area contributed by atoms with Crippen LogP contribution in [0.2, 0.25) is 0 Å². The Hall–Kier alpha value is -2.69. The first-order chi connectivity index (χ1) is 12.0. The van der Waals surface area contributed by atoms with Crippen molar-refractivity contribution in [3.8, 4) is 0 Å². The van der Waals surface area contributed by atoms with Gasteiger partial charge >= 0.3 is 5.97 Å². The van der Waals surface area contributed by atoms with Gasteiger partial charge in [-0.1, -0.05) is 42.5 Å². The first-order valence-electron chi connectivity index (χ1n) is 8.27. The largest absolute Gasteiger partial charge is 0.449 e. The molecule has 0 radical (unpaired) electrons. The van der Waals surface area contributed by atoms with Crippen LogP contribution in [0.4, 0.5) is 4.39 Å². The van der Waals surface area contributed by atoms with Crippen LogP contribution in [-0.2, 0) is 16.0 Å². The van der Waals surface area contributed by atoms with Gasteiger partial charge in [-0.2, -0.15) is 0 Å². The normalized spacial score (nSPS) is 12.9. The molecule has 25 heavy (non-hydrogen) atoms. The number of rotatable bonds is 7. The Kier molecular flexibility index (Phi) is 6.69. The molecule has 2 atom stereocenters. The van der Waals surface area contributed by atoms with Crippen LogP contribution in [0.3, 0.4) is 0 Å². The summed E-state index contributed by atoms with van der Waals surface area (Å²) in [5.41, 5.74) is 1.02. The van der Waals surface area contributed by atoms with Gasteiger partial charge in [0.1, 0.15) is 5.82 Å². The molecule has 4 nitrogen and oxygen atoms in total. The molecule has 5 heteroatoms. The number of hydrogen-bond acceptors (Lipinski definition) is 3. The minimum Gasteiger partial charge on any atom is -0.449 e. The molecular formula is C20H22FNO3. The van der Waals surface area contributed by atoms with E-state index in [2.05, 4.69) is 5.32 Å². The van der Waals surface area contributed by atoms with Gasteiger partial charge in [0, 0.05) is 6.04 Å². The van der Waals surface area contributed by atoms with Crippen LogP contribution in [0.25, 0.3) is 0 Å². The number of aryl methyl sites for hydroxylation is 1. The van der Waals surface area contributed by atoms with E-state index in [1.54, 1.807) is 0 Å². The van der Waals surface area contributed by atoms with Gasteiger partial charge in [-0.3, -0.25) is 4.79 Å². The molecule has 132 valence electrons. The first-order valence-corrected chi connectivity index (χ1v) is 8.27. The lowest BCUT2D eigenvalue weighted by Crippen LogP contribution is -2.41. The Balaban J connectivity index is 1.81. The molecular weight excluding hydrogens is 321 g/mol. The fourth-order valence-electron chi connectivity index (χ4n) is 2.36. The summed E-state index contributed by atoms with van der Waals surface area (Å²) in [4.78, 5) is 24.1. The summed E-state index contributed by atoms with van der Waals surface area (Å²) < 4.78 is 18.6. The van der Waals surface area contributed by atoms with Gasteiger partial charge < -0.3 is 10.1 Å². The molecule has 0 aliphatic heterocycles. The molecule has 0 heterocycles. The second-order valence-corrected chi connectivity index (χ2v) is 5.96. The Morgan fingerprint density at radius 1 is 1.04 bits per heavy atom. The Labute approximate surface area is 147 Å². The molecule has 2 aromatic carbocycles. The molecule has 2 aromatic rings. The highest BCUT2D eigenvalue weighted by Gasteiger charge is 2.21. The number of hydrogen-bond donors (Lipinski definition) is 1. The minimum atomic E-state index is -0.994. The summed E-state index contributed by atoms with van der Waals surface area (Å²) in [6.07, 6.45) is 0.612. The summed E-state index contributed by atoms with van der Waals surface area (Å²) in [6, 6.07) is 15.4. The van der Waals surface area contributed by atoms with Crippen molar-refractivity contribution in [1.82, 2.24) is 5.32 Å². The lowest BCUT2D eigenvalue weighted by molar-refractivity contribution is -0.129. The fraction of sp³-hybridized carbons (Fsp3) is 0.300. The van der Waals surface area contributed by atoms with Crippen LogP contribution in [-0.4, -0.2) is 24.0 Å². The van der Waals surface area contributed by atoms with Crippen LogP contribution in [0.15, 0.2) is 54.6 Å². The summed E-state index contributed by atoms with van der Waals surface area (Å²) in [6.45, 7) is 3.37. The number of ether oxygens (including phenoxy) is 1. The maximum Gasteiger partial charge on any atom is 0.341 e. The van der Waals surface area contributed by atoms with Crippen molar-refractivity contribution in [1.29, 1.82) is 0 Å². The van der Waals surface area contributed by atoms with Gasteiger partial charge in [-0.25, -0.2) is 9.18 Å². The Morgan fingerprint density at radius 3 is 2.36 bits per heavy atom. The molecule has 0 aliphatic carbocycles. The number of benzene rings is 2. The summed E-state index contributed by atoms with van der Waals surface area (Å²) >= 11 is 0. The van der Waals surface area contributed by atoms with Gasteiger partial charge in [0.2, 0.25) is 0 Å². The van der Waals surface area contributed by atoms with Crippen molar-refractivity contribution in [2.24, 2.45) is 0 Å². The predicted molar refractivity (Wildman–Crippen MR) is 93.6 cm³/mol. The molecule has 2 rings (SSSR count). The summed E-state index contributed by atoms with van der Waals surface area (Å²) in [7, 11) is 0. The Bertz CT molecular complexity index is 718. The maximum absolute atomic E-state index is 13.6. The van der Waals surface area contributed by atoms with E-state index >= 15 is 0 Å². The van der Waals surface area contributed by atoms with Crippen LogP contribution in [0.5, 0.6) is 0 Å². The van der Waals surface area contributed by atoms with E-state index in [9.17, 15) is 14.0 Å². The summed E-state index contributed by atoms with van der Waals surface area (Å²) in [5.74, 6) is -1.92. The molecule has 0 bridgehead atoms. The van der Waals surface area contributed by atoms with Crippen molar-refractivity contribution in [3.05, 3.63) is 71.5 Å². The molecule has 0 aliphatic rings. The third kappa shape index (κ3) is 5.71. The van der Waals surface area contributed by atoms with Crippen molar-refractivity contribution in [2.45, 2.75) is 38.8 Å². The lowest BCUT2D eigenvalue weighted by Gasteiger charge is -2.18. The molecule has 0 saturated heterocycles. The lowest BCUT2D eigenvalue weighted by atomic mass is 10.1. The SMILES string of the molecule is C[C@@H](CCc1ccccc1)NC(=O)[C@@H](C)OC(=O)c1ccccc1F. The Morgan fingerprint density at radius 2 is 1.68 bits per heavy atom. The standard InChI is InChI=1S/C20H22FNO3/c1-14(12-13-16-8-4-3-5-9-16)22-19(23)15(2)25-20(24)17-10-6-7-11-18(17)21/h3-11,14-15H,12-13H2,1-2H3,(H,22,23)/t14-,15+/m0/s1. The van der Waals surface area contributed by atoms with Gasteiger partial charge in [0.25, 0.3) is 5.91 Å². The average Bonchev–Trinajstić information content (AvgIpc) is 2.61. The number of amides is 1. The molecule has 0 fully saturated rings. The molecule has 0 saturated carbocycles. The highest BCUT2D eigenvalue weighted by atomic mass is 19.1. The quantitative estimate of drug-likeness (QED) is 0.783. The van der Waals surface area contributed by atoms with Gasteiger partial charge in [0.15, 0.2) is 6.10 Å². The van der Waals surface area contributed by atoms with Gasteiger partial charge in [0.05, 0.1) is 5.56 Å². The second-order valence-electron chi connectivity index (χ2n) is 5.96. The van der Waals surface area contributed by atoms with E-state index in [1.165, 1.54) is 36.8 Å². The number of carbonyl (C=O) groups excluding carboxylic acids is 2. The first kappa shape index (κ1) is 18.6. The van der Waals surface area contributed by atoms with E-state index in [0.29, 0.717) is 0 Å². The number of halogens is 1. The summed E-state index contributed by atoms with van der Waals surface area (Å²) in [5, 5.41) is 2.81. The molecule has 1 amide bonds. The van der Waals surface area contributed by atoms with Crippen LogP contribution < -0.4 is 5.32 Å². The van der Waals surface area contributed by atoms with Gasteiger partial charge in [-0.15, -0.1) is 0 Å². The smallest absolute Gasteiger partial charge is 0.341 e. The highest BCUT2D eigenvalue weighted by Crippen LogP contribution is 2.10. The third-order valence-corrected chi connectivity index (χ3v) is 3.84. The maximum atomic E-state index is 13.6. The number of carbonyl (C=O) groups is 2. The van der Waals surface area contributed by atoms with Crippen molar-refractivity contribution >= 4 is 11.9 Å². The van der Waals surface area contributed by atoms with Crippen molar-refractivity contribution < 1.29 is 18.7 Å². The molecule has 0 aromatic heterocycles. The van der Waals surface area contributed by atoms with E-state index in [4.69, 9.17) is 4.74 Å². The van der Waals surface area contributed by atoms with E-state index in [1.807, 2.05) is 37.3 Å². The average molecular weight is 343 g/mol. The van der Waals surface area contributed by atoms with Crippen LogP contribution in [0.1, 0.15) is 36.2 Å². The molecule has 0 unspecified atom stereocenters. The third-order valence-electron chi connectivity index (χ3n) is 3.84. The monoisotopic (exact) mass is 343 g/mol. The van der Waals surface area contributed by atoms with Crippen molar-refractivity contribution in [3.63, 3.8) is 0 Å². The minimum absolute atomic E-state index is 0.0673. The zero-order chi connectivity index (χ0) is 18.2. The zero-order valence-electron chi connectivity index (χ0n) is 14.4. The molecule has 0 spiro atoms. The fourth-order valence-corrected chi connectivity index (χ4v) is 2.36. The number of nitrogens with one attached hydrogen (secondary N) is 1. The second kappa shape index (κ2) is 8.97. The van der Waals surface area contributed by atoms with Crippen LogP contribution >= 0.6 is 0 Å². The van der Waals surface area contributed by atoms with E-state index in [-0.39, 0.29) is 11.6 Å².